The second-order valence-corrected chi connectivity index (χ2v) is 5.62. The van der Waals surface area contributed by atoms with E-state index in [9.17, 15) is 14.7 Å². The number of carboxylic acid groups (broad SMARTS) is 1. The molecule has 1 fully saturated rings. The van der Waals surface area contributed by atoms with Crippen molar-refractivity contribution in [3.63, 3.8) is 0 Å². The van der Waals surface area contributed by atoms with Crippen molar-refractivity contribution in [1.29, 1.82) is 0 Å². The molecule has 7 heteroatoms. The van der Waals surface area contributed by atoms with Gasteiger partial charge in [-0.05, 0) is 25.3 Å². The van der Waals surface area contributed by atoms with Crippen molar-refractivity contribution in [2.24, 2.45) is 5.41 Å². The fourth-order valence-corrected chi connectivity index (χ4v) is 2.64. The minimum absolute atomic E-state index is 0.199. The maximum Gasteiger partial charge on any atom is 0.317 e. The Balaban J connectivity index is 1.80. The first-order chi connectivity index (χ1) is 9.97. The number of hydrogen-bond acceptors (Lipinski definition) is 3. The predicted octanol–water partition coefficient (Wildman–Crippen LogP) is 1.09. The van der Waals surface area contributed by atoms with E-state index in [2.05, 4.69) is 10.4 Å². The lowest BCUT2D eigenvalue weighted by Crippen LogP contribution is -2.42. The smallest absolute Gasteiger partial charge is 0.317 e. The average Bonchev–Trinajstić information content (AvgIpc) is 3.06. The van der Waals surface area contributed by atoms with Gasteiger partial charge in [-0.15, -0.1) is 0 Å². The average molecular weight is 294 g/mol. The molecule has 0 radical (unpaired) electrons. The predicted molar refractivity (Wildman–Crippen MR) is 76.9 cm³/mol. The van der Waals surface area contributed by atoms with Crippen LogP contribution in [0, 0.1) is 12.3 Å². The number of carboxylic acids is 1. The van der Waals surface area contributed by atoms with Crippen molar-refractivity contribution in [3.8, 4) is 0 Å². The highest BCUT2D eigenvalue weighted by molar-refractivity contribution is 5.79. The maximum absolute atomic E-state index is 12.1. The molecule has 2 heterocycles. The molecule has 1 atom stereocenters. The number of carbonyl (C=O) groups is 2. The van der Waals surface area contributed by atoms with E-state index in [1.54, 1.807) is 15.8 Å². The van der Waals surface area contributed by atoms with E-state index in [-0.39, 0.29) is 12.6 Å². The van der Waals surface area contributed by atoms with Gasteiger partial charge < -0.3 is 15.3 Å². The number of aryl methyl sites for hydroxylation is 1. The molecule has 2 N–H and O–H groups in total. The first-order valence-electron chi connectivity index (χ1n) is 7.22. The van der Waals surface area contributed by atoms with E-state index in [0.29, 0.717) is 32.5 Å². The molecular formula is C14H22N4O3. The summed E-state index contributed by atoms with van der Waals surface area (Å²) in [6.07, 6.45) is 4.74. The fourth-order valence-electron chi connectivity index (χ4n) is 2.64. The van der Waals surface area contributed by atoms with Gasteiger partial charge in [0.15, 0.2) is 0 Å². The zero-order valence-corrected chi connectivity index (χ0v) is 12.5. The fraction of sp³-hybridized carbons (Fsp3) is 0.643. The maximum atomic E-state index is 12.1. The number of aliphatic carboxylic acids is 1. The first kappa shape index (κ1) is 15.3. The molecule has 1 unspecified atom stereocenters. The van der Waals surface area contributed by atoms with Gasteiger partial charge in [0.2, 0.25) is 0 Å². The monoisotopic (exact) mass is 294 g/mol. The molecule has 1 saturated heterocycles. The quantitative estimate of drug-likeness (QED) is 0.851. The Morgan fingerprint density at radius 1 is 1.52 bits per heavy atom. The van der Waals surface area contributed by atoms with E-state index in [0.717, 1.165) is 5.56 Å². The van der Waals surface area contributed by atoms with Gasteiger partial charge in [0, 0.05) is 25.8 Å². The van der Waals surface area contributed by atoms with Crippen molar-refractivity contribution in [2.75, 3.05) is 19.6 Å². The Kier molecular flexibility index (Phi) is 4.50. The van der Waals surface area contributed by atoms with Crippen LogP contribution in [0.2, 0.25) is 0 Å². The lowest BCUT2D eigenvalue weighted by Gasteiger charge is -2.23. The molecule has 1 aromatic heterocycles. The van der Waals surface area contributed by atoms with E-state index in [1.807, 2.05) is 20.0 Å². The molecule has 0 bridgehead atoms. The van der Waals surface area contributed by atoms with Crippen LogP contribution in [0.25, 0.3) is 0 Å². The zero-order chi connectivity index (χ0) is 15.5. The normalized spacial score (nSPS) is 21.5. The minimum Gasteiger partial charge on any atom is -0.481 e. The summed E-state index contributed by atoms with van der Waals surface area (Å²) >= 11 is 0. The van der Waals surface area contributed by atoms with Crippen LogP contribution >= 0.6 is 0 Å². The standard InChI is InChI=1S/C14H22N4O3/c1-3-14(12(19)20)4-6-17(10-14)13(21)15-5-7-18-9-11(2)8-16-18/h8-9H,3-7,10H2,1-2H3,(H,15,21)(H,19,20). The van der Waals surface area contributed by atoms with Crippen LogP contribution in [0.4, 0.5) is 4.79 Å². The van der Waals surface area contributed by atoms with Crippen molar-refractivity contribution >= 4 is 12.0 Å². The largest absolute Gasteiger partial charge is 0.481 e. The number of nitrogens with zero attached hydrogens (tertiary/aromatic N) is 3. The van der Waals surface area contributed by atoms with Crippen molar-refractivity contribution in [1.82, 2.24) is 20.0 Å². The van der Waals surface area contributed by atoms with Crippen LogP contribution in [0.15, 0.2) is 12.4 Å². The van der Waals surface area contributed by atoms with E-state index < -0.39 is 11.4 Å². The van der Waals surface area contributed by atoms with Crippen LogP contribution in [0.1, 0.15) is 25.3 Å². The highest BCUT2D eigenvalue weighted by atomic mass is 16.4. The summed E-state index contributed by atoms with van der Waals surface area (Å²) in [4.78, 5) is 25.0. The SMILES string of the molecule is CCC1(C(=O)O)CCN(C(=O)NCCn2cc(C)cn2)C1. The Labute approximate surface area is 123 Å². The Morgan fingerprint density at radius 3 is 2.81 bits per heavy atom. The van der Waals surface area contributed by atoms with Crippen molar-refractivity contribution < 1.29 is 14.7 Å². The van der Waals surface area contributed by atoms with Gasteiger partial charge in [0.25, 0.3) is 0 Å². The number of carbonyl (C=O) groups excluding carboxylic acids is 1. The second kappa shape index (κ2) is 6.15. The van der Waals surface area contributed by atoms with Crippen LogP contribution in [0.5, 0.6) is 0 Å². The summed E-state index contributed by atoms with van der Waals surface area (Å²) in [7, 11) is 0. The molecule has 1 aromatic rings. The Hall–Kier alpha value is -2.05. The van der Waals surface area contributed by atoms with Crippen LogP contribution in [0.3, 0.4) is 0 Å². The number of aromatic nitrogens is 2. The van der Waals surface area contributed by atoms with E-state index in [4.69, 9.17) is 0 Å². The third kappa shape index (κ3) is 3.34. The van der Waals surface area contributed by atoms with Gasteiger partial charge in [-0.3, -0.25) is 9.48 Å². The molecule has 0 aliphatic carbocycles. The van der Waals surface area contributed by atoms with Crippen molar-refractivity contribution in [2.45, 2.75) is 33.2 Å². The lowest BCUT2D eigenvalue weighted by molar-refractivity contribution is -0.148. The number of urea groups is 1. The molecule has 21 heavy (non-hydrogen) atoms. The van der Waals surface area contributed by atoms with E-state index in [1.165, 1.54) is 0 Å². The molecule has 116 valence electrons. The minimum atomic E-state index is -0.813. The lowest BCUT2D eigenvalue weighted by atomic mass is 9.84. The third-order valence-corrected chi connectivity index (χ3v) is 4.15. The number of hydrogen-bond donors (Lipinski definition) is 2. The number of rotatable bonds is 5. The van der Waals surface area contributed by atoms with Gasteiger partial charge in [-0.1, -0.05) is 6.92 Å². The van der Waals surface area contributed by atoms with Gasteiger partial charge in [-0.2, -0.15) is 5.10 Å². The van der Waals surface area contributed by atoms with Crippen LogP contribution in [-0.2, 0) is 11.3 Å². The molecule has 0 aromatic carbocycles. The second-order valence-electron chi connectivity index (χ2n) is 5.62. The molecular weight excluding hydrogens is 272 g/mol. The number of nitrogens with one attached hydrogen (secondary N) is 1. The van der Waals surface area contributed by atoms with Crippen LogP contribution < -0.4 is 5.32 Å². The zero-order valence-electron chi connectivity index (χ0n) is 12.5. The molecule has 0 spiro atoms. The van der Waals surface area contributed by atoms with Gasteiger partial charge in [-0.25, -0.2) is 4.79 Å². The molecule has 0 saturated carbocycles. The van der Waals surface area contributed by atoms with Gasteiger partial charge in [0.1, 0.15) is 0 Å². The van der Waals surface area contributed by atoms with Crippen LogP contribution in [-0.4, -0.2) is 51.4 Å². The summed E-state index contributed by atoms with van der Waals surface area (Å²) in [5.41, 5.74) is 0.297. The molecule has 2 amide bonds. The van der Waals surface area contributed by atoms with Crippen molar-refractivity contribution in [3.05, 3.63) is 18.0 Å². The Morgan fingerprint density at radius 2 is 2.29 bits per heavy atom. The first-order valence-corrected chi connectivity index (χ1v) is 7.22. The molecule has 1 aliphatic heterocycles. The summed E-state index contributed by atoms with van der Waals surface area (Å²) in [5.74, 6) is -0.813. The van der Waals surface area contributed by atoms with Gasteiger partial charge >= 0.3 is 12.0 Å². The highest BCUT2D eigenvalue weighted by Crippen LogP contribution is 2.34. The molecule has 7 nitrogen and oxygen atoms in total. The summed E-state index contributed by atoms with van der Waals surface area (Å²) < 4.78 is 1.77. The molecule has 2 rings (SSSR count). The molecule has 1 aliphatic rings. The number of likely N-dealkylation sites (tertiary alicyclic amines) is 1. The summed E-state index contributed by atoms with van der Waals surface area (Å²) in [6.45, 7) is 5.67. The topological polar surface area (TPSA) is 87.5 Å². The highest BCUT2D eigenvalue weighted by Gasteiger charge is 2.44. The summed E-state index contributed by atoms with van der Waals surface area (Å²) in [5, 5.41) is 16.3. The van der Waals surface area contributed by atoms with Gasteiger partial charge in [0.05, 0.1) is 18.2 Å². The third-order valence-electron chi connectivity index (χ3n) is 4.15. The summed E-state index contributed by atoms with van der Waals surface area (Å²) in [6, 6.07) is -0.199. The van der Waals surface area contributed by atoms with E-state index >= 15 is 0 Å². The Bertz CT molecular complexity index is 528. The number of amides is 2.